The molecule has 0 saturated heterocycles. The van der Waals surface area contributed by atoms with Gasteiger partial charge in [0.15, 0.2) is 0 Å². The second-order valence-electron chi connectivity index (χ2n) is 2.93. The fraction of sp³-hybridized carbons (Fsp3) is 0.222. The normalized spacial score (nSPS) is 11.0. The molecule has 0 aliphatic heterocycles. The van der Waals surface area contributed by atoms with Gasteiger partial charge < -0.3 is 4.55 Å². The Balaban J connectivity index is 2.92. The highest BCUT2D eigenvalue weighted by atomic mass is 32.2. The first kappa shape index (κ1) is 11.6. The van der Waals surface area contributed by atoms with Gasteiger partial charge in [-0.3, -0.25) is 0 Å². The summed E-state index contributed by atoms with van der Waals surface area (Å²) in [6, 6.07) is 5.17. The molecule has 0 aliphatic rings. The van der Waals surface area contributed by atoms with Crippen LogP contribution in [-0.2, 0) is 16.5 Å². The smallest absolute Gasteiger partial charge is 0.124 e. The Bertz CT molecular complexity index is 505. The van der Waals surface area contributed by atoms with Gasteiger partial charge in [-0.2, -0.15) is 5.26 Å². The third-order valence-corrected chi connectivity index (χ3v) is 2.52. The summed E-state index contributed by atoms with van der Waals surface area (Å²) in [5, 5.41) is 8.63. The molecule has 4 nitrogen and oxygen atoms in total. The number of benzene rings is 1. The molecule has 0 saturated carbocycles. The molecule has 0 amide bonds. The van der Waals surface area contributed by atoms with Crippen LogP contribution in [0.1, 0.15) is 11.1 Å². The predicted octanol–water partition coefficient (Wildman–Crippen LogP) is 0.785. The van der Waals surface area contributed by atoms with Crippen molar-refractivity contribution in [1.82, 2.24) is 0 Å². The number of nitrogens with zero attached hydrogens (tertiary/aromatic N) is 1. The molecule has 0 atom stereocenters. The number of hydrogen-bond acceptors (Lipinski definition) is 4. The number of hydrogen-bond donors (Lipinski definition) is 0. The van der Waals surface area contributed by atoms with E-state index >= 15 is 0 Å². The minimum Gasteiger partial charge on any atom is -0.748 e. The Morgan fingerprint density at radius 2 is 2.13 bits per heavy atom. The molecule has 0 spiro atoms. The lowest BCUT2D eigenvalue weighted by atomic mass is 10.1. The van der Waals surface area contributed by atoms with Gasteiger partial charge in [0.25, 0.3) is 0 Å². The van der Waals surface area contributed by atoms with Crippen molar-refractivity contribution >= 4 is 10.1 Å². The lowest BCUT2D eigenvalue weighted by Crippen LogP contribution is -2.08. The van der Waals surface area contributed by atoms with Crippen LogP contribution in [-0.4, -0.2) is 18.7 Å². The van der Waals surface area contributed by atoms with Crippen molar-refractivity contribution in [2.24, 2.45) is 0 Å². The molecule has 0 heterocycles. The van der Waals surface area contributed by atoms with E-state index in [2.05, 4.69) is 0 Å². The van der Waals surface area contributed by atoms with E-state index in [1.54, 1.807) is 6.07 Å². The molecule has 0 bridgehead atoms. The Labute approximate surface area is 86.7 Å². The van der Waals surface area contributed by atoms with E-state index in [1.165, 1.54) is 6.07 Å². The van der Waals surface area contributed by atoms with Crippen LogP contribution in [0.5, 0.6) is 0 Å². The molecule has 0 radical (unpaired) electrons. The Morgan fingerprint density at radius 1 is 1.47 bits per heavy atom. The zero-order chi connectivity index (χ0) is 11.5. The van der Waals surface area contributed by atoms with Crippen LogP contribution in [0.25, 0.3) is 0 Å². The van der Waals surface area contributed by atoms with Gasteiger partial charge in [-0.05, 0) is 24.1 Å². The van der Waals surface area contributed by atoms with E-state index in [4.69, 9.17) is 5.26 Å². The van der Waals surface area contributed by atoms with Crippen LogP contribution in [0.3, 0.4) is 0 Å². The Morgan fingerprint density at radius 3 is 2.67 bits per heavy atom. The zero-order valence-corrected chi connectivity index (χ0v) is 8.42. The Kier molecular flexibility index (Phi) is 3.39. The van der Waals surface area contributed by atoms with E-state index in [-0.39, 0.29) is 12.0 Å². The van der Waals surface area contributed by atoms with Crippen molar-refractivity contribution in [3.8, 4) is 6.07 Å². The van der Waals surface area contributed by atoms with E-state index in [0.717, 1.165) is 12.1 Å². The molecule has 1 rings (SSSR count). The summed E-state index contributed by atoms with van der Waals surface area (Å²) in [4.78, 5) is 0. The van der Waals surface area contributed by atoms with E-state index < -0.39 is 21.7 Å². The average molecular weight is 228 g/mol. The largest absolute Gasteiger partial charge is 0.748 e. The summed E-state index contributed by atoms with van der Waals surface area (Å²) >= 11 is 0. The maximum Gasteiger partial charge on any atom is 0.124 e. The van der Waals surface area contributed by atoms with Crippen LogP contribution < -0.4 is 0 Å². The number of aryl methyl sites for hydroxylation is 1. The summed E-state index contributed by atoms with van der Waals surface area (Å²) in [6.45, 7) is 0. The summed E-state index contributed by atoms with van der Waals surface area (Å²) in [5.41, 5.74) is 0.414. The standard InChI is InChI=1S/C9H8FNO3S/c10-9-2-1-7(8(5-9)6-11)3-4-15(12,13)14/h1-2,5H,3-4H2,(H,12,13,14)/p-1. The van der Waals surface area contributed by atoms with Crippen molar-refractivity contribution in [1.29, 1.82) is 5.26 Å². The molecule has 1 aromatic carbocycles. The van der Waals surface area contributed by atoms with E-state index in [9.17, 15) is 17.4 Å². The minimum atomic E-state index is -4.31. The summed E-state index contributed by atoms with van der Waals surface area (Å²) in [5.74, 6) is -1.16. The van der Waals surface area contributed by atoms with Crippen LogP contribution in [0.4, 0.5) is 4.39 Å². The first-order chi connectivity index (χ1) is 6.92. The maximum atomic E-state index is 12.7. The van der Waals surface area contributed by atoms with Gasteiger partial charge in [0.05, 0.1) is 21.8 Å². The van der Waals surface area contributed by atoms with Crippen molar-refractivity contribution in [3.05, 3.63) is 35.1 Å². The minimum absolute atomic E-state index is 0.0543. The average Bonchev–Trinajstić information content (AvgIpc) is 2.14. The lowest BCUT2D eigenvalue weighted by Gasteiger charge is -2.07. The predicted molar refractivity (Wildman–Crippen MR) is 49.4 cm³/mol. The first-order valence-electron chi connectivity index (χ1n) is 4.04. The summed E-state index contributed by atoms with van der Waals surface area (Å²) < 4.78 is 43.8. The van der Waals surface area contributed by atoms with Crippen molar-refractivity contribution in [2.45, 2.75) is 6.42 Å². The van der Waals surface area contributed by atoms with Gasteiger partial charge in [-0.1, -0.05) is 6.07 Å². The molecule has 0 unspecified atom stereocenters. The topological polar surface area (TPSA) is 81.0 Å². The zero-order valence-electron chi connectivity index (χ0n) is 7.60. The highest BCUT2D eigenvalue weighted by molar-refractivity contribution is 7.85. The fourth-order valence-electron chi connectivity index (χ4n) is 1.11. The molecule has 0 aliphatic carbocycles. The maximum absolute atomic E-state index is 12.7. The molecule has 80 valence electrons. The van der Waals surface area contributed by atoms with Crippen molar-refractivity contribution in [2.75, 3.05) is 5.75 Å². The van der Waals surface area contributed by atoms with Crippen molar-refractivity contribution in [3.63, 3.8) is 0 Å². The van der Waals surface area contributed by atoms with E-state index in [1.807, 2.05) is 0 Å². The van der Waals surface area contributed by atoms with Crippen molar-refractivity contribution < 1.29 is 17.4 Å². The highest BCUT2D eigenvalue weighted by Crippen LogP contribution is 2.11. The molecular formula is C9H7FNO3S-. The number of rotatable bonds is 3. The fourth-order valence-corrected chi connectivity index (χ4v) is 1.58. The van der Waals surface area contributed by atoms with Crippen LogP contribution in [0.15, 0.2) is 18.2 Å². The number of halogens is 1. The third-order valence-electron chi connectivity index (χ3n) is 1.81. The molecule has 15 heavy (non-hydrogen) atoms. The van der Waals surface area contributed by atoms with Gasteiger partial charge in [0, 0.05) is 5.75 Å². The molecule has 1 aromatic rings. The molecular weight excluding hydrogens is 221 g/mol. The lowest BCUT2D eigenvalue weighted by molar-refractivity contribution is 0.462. The second-order valence-corrected chi connectivity index (χ2v) is 4.45. The summed E-state index contributed by atoms with van der Waals surface area (Å²) in [6.07, 6.45) is -0.0744. The molecule has 6 heteroatoms. The Hall–Kier alpha value is -1.45. The molecule has 0 N–H and O–H groups in total. The molecule has 0 aromatic heterocycles. The highest BCUT2D eigenvalue weighted by Gasteiger charge is 2.05. The van der Waals surface area contributed by atoms with Gasteiger partial charge in [-0.25, -0.2) is 12.8 Å². The van der Waals surface area contributed by atoms with Gasteiger partial charge in [-0.15, -0.1) is 0 Å². The quantitative estimate of drug-likeness (QED) is 0.716. The summed E-state index contributed by atoms with van der Waals surface area (Å²) in [7, 11) is -4.31. The monoisotopic (exact) mass is 228 g/mol. The van der Waals surface area contributed by atoms with Crippen LogP contribution in [0.2, 0.25) is 0 Å². The SMILES string of the molecule is N#Cc1cc(F)ccc1CCS(=O)(=O)[O-]. The third kappa shape index (κ3) is 3.65. The number of nitriles is 1. The van der Waals surface area contributed by atoms with Crippen LogP contribution in [0, 0.1) is 17.1 Å². The van der Waals surface area contributed by atoms with E-state index in [0.29, 0.717) is 5.56 Å². The van der Waals surface area contributed by atoms with Gasteiger partial charge >= 0.3 is 0 Å². The van der Waals surface area contributed by atoms with Gasteiger partial charge in [0.1, 0.15) is 5.82 Å². The van der Waals surface area contributed by atoms with Crippen LogP contribution >= 0.6 is 0 Å². The molecule has 0 fully saturated rings. The second kappa shape index (κ2) is 4.38. The first-order valence-corrected chi connectivity index (χ1v) is 5.62. The van der Waals surface area contributed by atoms with Gasteiger partial charge in [0.2, 0.25) is 0 Å².